The van der Waals surface area contributed by atoms with Crippen LogP contribution >= 0.6 is 11.5 Å². The molecule has 5 heteroatoms. The molecule has 2 aromatic rings. The number of rotatable bonds is 4. The number of carbonyl (C=O) groups is 1. The van der Waals surface area contributed by atoms with Crippen LogP contribution in [0.25, 0.3) is 0 Å². The number of aromatic nitrogens is 2. The highest BCUT2D eigenvalue weighted by Gasteiger charge is 2.26. The molecule has 1 aliphatic rings. The fourth-order valence-corrected chi connectivity index (χ4v) is 3.93. The van der Waals surface area contributed by atoms with Gasteiger partial charge in [0.1, 0.15) is 4.88 Å². The molecule has 0 N–H and O–H groups in total. The smallest absolute Gasteiger partial charge is 0.267 e. The second kappa shape index (κ2) is 7.21. The van der Waals surface area contributed by atoms with Gasteiger partial charge in [0.25, 0.3) is 5.91 Å². The number of nitrogens with zero attached hydrogens (tertiary/aromatic N) is 3. The summed E-state index contributed by atoms with van der Waals surface area (Å²) in [6.07, 6.45) is 4.56. The van der Waals surface area contributed by atoms with Crippen LogP contribution in [0.4, 0.5) is 0 Å². The van der Waals surface area contributed by atoms with E-state index in [1.165, 1.54) is 29.1 Å². The molecule has 1 aromatic heterocycles. The van der Waals surface area contributed by atoms with Crippen molar-refractivity contribution in [3.05, 3.63) is 46.0 Å². The van der Waals surface area contributed by atoms with Crippen molar-refractivity contribution in [1.82, 2.24) is 14.5 Å². The van der Waals surface area contributed by atoms with E-state index in [2.05, 4.69) is 40.8 Å². The molecule has 3 rings (SSSR count). The van der Waals surface area contributed by atoms with E-state index < -0.39 is 0 Å². The van der Waals surface area contributed by atoms with Gasteiger partial charge in [-0.1, -0.05) is 28.8 Å². The minimum atomic E-state index is 0.109. The molecule has 1 aromatic carbocycles. The molecule has 2 heterocycles. The van der Waals surface area contributed by atoms with E-state index in [9.17, 15) is 4.79 Å². The Morgan fingerprint density at radius 3 is 2.91 bits per heavy atom. The number of hydrogen-bond acceptors (Lipinski definition) is 4. The van der Waals surface area contributed by atoms with Gasteiger partial charge < -0.3 is 4.90 Å². The Kier molecular flexibility index (Phi) is 5.06. The Hall–Kier alpha value is -1.75. The molecule has 23 heavy (non-hydrogen) atoms. The zero-order valence-electron chi connectivity index (χ0n) is 13.8. The summed E-state index contributed by atoms with van der Waals surface area (Å²) in [6, 6.07) is 8.59. The maximum atomic E-state index is 12.6. The number of carbonyl (C=O) groups excluding carboxylic acids is 1. The van der Waals surface area contributed by atoms with Crippen molar-refractivity contribution in [2.45, 2.75) is 39.5 Å². The van der Waals surface area contributed by atoms with Crippen molar-refractivity contribution in [2.75, 3.05) is 13.1 Å². The highest BCUT2D eigenvalue weighted by Crippen LogP contribution is 2.24. The summed E-state index contributed by atoms with van der Waals surface area (Å²) < 4.78 is 3.89. The van der Waals surface area contributed by atoms with Crippen LogP contribution in [0.5, 0.6) is 0 Å². The number of aryl methyl sites for hydroxylation is 3. The number of hydrogen-bond donors (Lipinski definition) is 0. The second-order valence-corrected chi connectivity index (χ2v) is 7.17. The first-order valence-corrected chi connectivity index (χ1v) is 9.05. The summed E-state index contributed by atoms with van der Waals surface area (Å²) in [6.45, 7) is 5.75. The summed E-state index contributed by atoms with van der Waals surface area (Å²) in [5.41, 5.74) is 3.54. The van der Waals surface area contributed by atoms with Gasteiger partial charge in [-0.25, -0.2) is 0 Å². The van der Waals surface area contributed by atoms with Crippen molar-refractivity contribution in [1.29, 1.82) is 0 Å². The summed E-state index contributed by atoms with van der Waals surface area (Å²) in [5, 5.41) is 3.96. The minimum absolute atomic E-state index is 0.109. The minimum Gasteiger partial charge on any atom is -0.338 e. The van der Waals surface area contributed by atoms with Crippen LogP contribution in [0, 0.1) is 19.8 Å². The molecule has 1 fully saturated rings. The first-order chi connectivity index (χ1) is 11.1. The van der Waals surface area contributed by atoms with E-state index in [4.69, 9.17) is 0 Å². The summed E-state index contributed by atoms with van der Waals surface area (Å²) in [4.78, 5) is 15.3. The highest BCUT2D eigenvalue weighted by atomic mass is 32.1. The summed E-state index contributed by atoms with van der Waals surface area (Å²) >= 11 is 1.21. The van der Waals surface area contributed by atoms with Gasteiger partial charge in [0.05, 0.1) is 5.69 Å². The zero-order valence-corrected chi connectivity index (χ0v) is 14.6. The Balaban J connectivity index is 1.59. The Morgan fingerprint density at radius 1 is 1.35 bits per heavy atom. The second-order valence-electron chi connectivity index (χ2n) is 6.41. The van der Waals surface area contributed by atoms with Gasteiger partial charge in [0.15, 0.2) is 0 Å². The first kappa shape index (κ1) is 16.1. The number of likely N-dealkylation sites (tertiary alicyclic amines) is 1. The molecular weight excluding hydrogens is 306 g/mol. The maximum absolute atomic E-state index is 12.6. The number of amides is 1. The zero-order chi connectivity index (χ0) is 16.2. The van der Waals surface area contributed by atoms with E-state index in [-0.39, 0.29) is 5.91 Å². The van der Waals surface area contributed by atoms with Crippen molar-refractivity contribution in [2.24, 2.45) is 5.92 Å². The van der Waals surface area contributed by atoms with Crippen LogP contribution in [0.2, 0.25) is 0 Å². The van der Waals surface area contributed by atoms with Crippen molar-refractivity contribution >= 4 is 17.4 Å². The Bertz CT molecular complexity index is 682. The normalized spacial score (nSPS) is 18.2. The van der Waals surface area contributed by atoms with Crippen molar-refractivity contribution < 1.29 is 4.79 Å². The van der Waals surface area contributed by atoms with Crippen LogP contribution < -0.4 is 0 Å². The predicted molar refractivity (Wildman–Crippen MR) is 92.8 cm³/mol. The molecule has 0 bridgehead atoms. The lowest BCUT2D eigenvalue weighted by Crippen LogP contribution is -2.40. The van der Waals surface area contributed by atoms with E-state index in [1.807, 2.05) is 11.8 Å². The molecule has 122 valence electrons. The fourth-order valence-electron chi connectivity index (χ4n) is 3.31. The third-order valence-electron chi connectivity index (χ3n) is 4.74. The Labute approximate surface area is 141 Å². The molecule has 1 amide bonds. The summed E-state index contributed by atoms with van der Waals surface area (Å²) in [5.74, 6) is 0.701. The standard InChI is InChI=1S/C18H23N3OS/c1-13-6-3-4-8-16(13)10-9-15-7-5-11-21(12-15)18(22)17-14(2)19-20-23-17/h3-4,6,8,15H,5,7,9-12H2,1-2H3/t15-/m0/s1. The van der Waals surface area contributed by atoms with E-state index in [1.54, 1.807) is 0 Å². The molecule has 4 nitrogen and oxygen atoms in total. The van der Waals surface area contributed by atoms with Gasteiger partial charge in [-0.05, 0) is 68.1 Å². The van der Waals surface area contributed by atoms with Crippen LogP contribution in [0.1, 0.15) is 45.8 Å². The SMILES string of the molecule is Cc1ccccc1CC[C@@H]1CCCN(C(=O)c2snnc2C)C1. The molecule has 0 saturated carbocycles. The quantitative estimate of drug-likeness (QED) is 0.860. The maximum Gasteiger partial charge on any atom is 0.267 e. The average Bonchev–Trinajstić information content (AvgIpc) is 3.00. The lowest BCUT2D eigenvalue weighted by atomic mass is 9.90. The highest BCUT2D eigenvalue weighted by molar-refractivity contribution is 7.07. The predicted octanol–water partition coefficient (Wildman–Crippen LogP) is 3.64. The molecule has 1 aliphatic heterocycles. The van der Waals surface area contributed by atoms with Gasteiger partial charge in [0.2, 0.25) is 0 Å². The average molecular weight is 329 g/mol. The molecule has 0 aliphatic carbocycles. The van der Waals surface area contributed by atoms with Crippen LogP contribution in [0.3, 0.4) is 0 Å². The van der Waals surface area contributed by atoms with Crippen LogP contribution in [-0.4, -0.2) is 33.5 Å². The monoisotopic (exact) mass is 329 g/mol. The van der Waals surface area contributed by atoms with Crippen molar-refractivity contribution in [3.8, 4) is 0 Å². The van der Waals surface area contributed by atoms with E-state index >= 15 is 0 Å². The Morgan fingerprint density at radius 2 is 2.17 bits per heavy atom. The fraction of sp³-hybridized carbons (Fsp3) is 0.500. The number of benzene rings is 1. The van der Waals surface area contributed by atoms with Crippen LogP contribution in [0.15, 0.2) is 24.3 Å². The topological polar surface area (TPSA) is 46.1 Å². The number of piperidine rings is 1. The van der Waals surface area contributed by atoms with Crippen LogP contribution in [-0.2, 0) is 6.42 Å². The molecule has 1 atom stereocenters. The third kappa shape index (κ3) is 3.78. The lowest BCUT2D eigenvalue weighted by Gasteiger charge is -2.32. The molecule has 0 unspecified atom stereocenters. The van der Waals surface area contributed by atoms with E-state index in [0.29, 0.717) is 10.8 Å². The van der Waals surface area contributed by atoms with Gasteiger partial charge in [-0.15, -0.1) is 5.10 Å². The largest absolute Gasteiger partial charge is 0.338 e. The molecular formula is C18H23N3OS. The molecule has 0 spiro atoms. The van der Waals surface area contributed by atoms with Crippen molar-refractivity contribution in [3.63, 3.8) is 0 Å². The lowest BCUT2D eigenvalue weighted by molar-refractivity contribution is 0.0672. The third-order valence-corrected chi connectivity index (χ3v) is 5.55. The van der Waals surface area contributed by atoms with Gasteiger partial charge in [-0.3, -0.25) is 4.79 Å². The summed E-state index contributed by atoms with van der Waals surface area (Å²) in [7, 11) is 0. The first-order valence-electron chi connectivity index (χ1n) is 8.28. The van der Waals surface area contributed by atoms with Gasteiger partial charge in [-0.2, -0.15) is 0 Å². The molecule has 1 saturated heterocycles. The van der Waals surface area contributed by atoms with E-state index in [0.717, 1.165) is 38.0 Å². The van der Waals surface area contributed by atoms with Gasteiger partial charge in [0, 0.05) is 13.1 Å². The molecule has 0 radical (unpaired) electrons. The van der Waals surface area contributed by atoms with Gasteiger partial charge >= 0.3 is 0 Å².